The molecule has 7 heteroatoms. The highest BCUT2D eigenvalue weighted by Crippen LogP contribution is 2.33. The third kappa shape index (κ3) is 5.53. The van der Waals surface area contributed by atoms with Crippen LogP contribution in [0.3, 0.4) is 0 Å². The summed E-state index contributed by atoms with van der Waals surface area (Å²) in [6.07, 6.45) is 2.99. The fraction of sp³-hybridized carbons (Fsp3) is 0.562. The number of nitrogens with one attached hydrogen (secondary N) is 1. The number of rotatable bonds is 7. The first-order valence-electron chi connectivity index (χ1n) is 7.58. The van der Waals surface area contributed by atoms with E-state index in [2.05, 4.69) is 5.32 Å². The van der Waals surface area contributed by atoms with Gasteiger partial charge in [-0.05, 0) is 43.5 Å². The second-order valence-corrected chi connectivity index (χ2v) is 5.92. The predicted molar refractivity (Wildman–Crippen MR) is 94.6 cm³/mol. The number of benzene rings is 1. The molecule has 2 atom stereocenters. The molecule has 3 N–H and O–H groups in total. The van der Waals surface area contributed by atoms with Crippen LogP contribution in [0.15, 0.2) is 18.2 Å². The Kier molecular flexibility index (Phi) is 8.69. The molecule has 1 aromatic carbocycles. The van der Waals surface area contributed by atoms with Crippen LogP contribution >= 0.6 is 24.0 Å². The summed E-state index contributed by atoms with van der Waals surface area (Å²) in [7, 11) is 1.61. The molecule has 130 valence electrons. The quantitative estimate of drug-likeness (QED) is 0.730. The molecule has 1 aliphatic carbocycles. The summed E-state index contributed by atoms with van der Waals surface area (Å²) in [4.78, 5) is 12.3. The molecule has 1 amide bonds. The van der Waals surface area contributed by atoms with E-state index in [1.165, 1.54) is 0 Å². The van der Waals surface area contributed by atoms with Crippen LogP contribution in [0.4, 0.5) is 5.69 Å². The highest BCUT2D eigenvalue weighted by atomic mass is 35.5. The molecule has 0 spiro atoms. The van der Waals surface area contributed by atoms with Crippen molar-refractivity contribution in [2.45, 2.75) is 19.3 Å². The van der Waals surface area contributed by atoms with Crippen molar-refractivity contribution in [2.24, 2.45) is 17.6 Å². The summed E-state index contributed by atoms with van der Waals surface area (Å²) < 4.78 is 10.4. The molecule has 0 bridgehead atoms. The van der Waals surface area contributed by atoms with E-state index in [1.54, 1.807) is 25.3 Å². The summed E-state index contributed by atoms with van der Waals surface area (Å²) in [5, 5.41) is 3.39. The van der Waals surface area contributed by atoms with E-state index in [4.69, 9.17) is 26.8 Å². The fourth-order valence-electron chi connectivity index (χ4n) is 2.83. The van der Waals surface area contributed by atoms with Gasteiger partial charge in [-0.2, -0.15) is 0 Å². The summed E-state index contributed by atoms with van der Waals surface area (Å²) >= 11 is 6.17. The van der Waals surface area contributed by atoms with Gasteiger partial charge in [0.15, 0.2) is 0 Å². The molecule has 5 nitrogen and oxygen atoms in total. The lowest BCUT2D eigenvalue weighted by Crippen LogP contribution is -2.29. The number of carbonyl (C=O) groups excluding carboxylic acids is 1. The van der Waals surface area contributed by atoms with Crippen molar-refractivity contribution in [2.75, 3.05) is 32.2 Å². The zero-order valence-electron chi connectivity index (χ0n) is 13.2. The van der Waals surface area contributed by atoms with Gasteiger partial charge in [-0.1, -0.05) is 18.0 Å². The van der Waals surface area contributed by atoms with Gasteiger partial charge < -0.3 is 20.5 Å². The Morgan fingerprint density at radius 1 is 1.39 bits per heavy atom. The molecule has 0 heterocycles. The number of hydrogen-bond donors (Lipinski definition) is 2. The number of nitrogens with two attached hydrogens (primary N) is 1. The zero-order chi connectivity index (χ0) is 15.9. The minimum Gasteiger partial charge on any atom is -0.490 e. The minimum absolute atomic E-state index is 0. The number of halogens is 2. The summed E-state index contributed by atoms with van der Waals surface area (Å²) in [6, 6.07) is 5.25. The number of carbonyl (C=O) groups is 1. The lowest BCUT2D eigenvalue weighted by molar-refractivity contribution is -0.120. The average Bonchev–Trinajstić information content (AvgIpc) is 2.98. The van der Waals surface area contributed by atoms with Gasteiger partial charge in [0.1, 0.15) is 12.4 Å². The Morgan fingerprint density at radius 3 is 2.83 bits per heavy atom. The molecular formula is C16H24Cl2N2O3. The van der Waals surface area contributed by atoms with E-state index >= 15 is 0 Å². The van der Waals surface area contributed by atoms with Crippen LogP contribution in [-0.2, 0) is 9.53 Å². The molecule has 0 aliphatic heterocycles. The Morgan fingerprint density at radius 2 is 2.17 bits per heavy atom. The van der Waals surface area contributed by atoms with E-state index in [9.17, 15) is 4.79 Å². The second-order valence-electron chi connectivity index (χ2n) is 5.51. The monoisotopic (exact) mass is 362 g/mol. The topological polar surface area (TPSA) is 73.6 Å². The van der Waals surface area contributed by atoms with Gasteiger partial charge in [0.25, 0.3) is 0 Å². The Balaban J connectivity index is 0.00000264. The maximum atomic E-state index is 12.3. The minimum atomic E-state index is 0. The molecular weight excluding hydrogens is 339 g/mol. The van der Waals surface area contributed by atoms with Gasteiger partial charge in [-0.25, -0.2) is 0 Å². The predicted octanol–water partition coefficient (Wildman–Crippen LogP) is 3.10. The third-order valence-electron chi connectivity index (χ3n) is 4.04. The van der Waals surface area contributed by atoms with E-state index in [0.717, 1.165) is 19.3 Å². The van der Waals surface area contributed by atoms with Crippen molar-refractivity contribution in [1.82, 2.24) is 0 Å². The van der Waals surface area contributed by atoms with E-state index < -0.39 is 0 Å². The average molecular weight is 363 g/mol. The Bertz CT molecular complexity index is 514. The van der Waals surface area contributed by atoms with Crippen molar-refractivity contribution >= 4 is 35.6 Å². The van der Waals surface area contributed by atoms with Crippen molar-refractivity contribution < 1.29 is 14.3 Å². The highest BCUT2D eigenvalue weighted by molar-refractivity contribution is 6.32. The lowest BCUT2D eigenvalue weighted by atomic mass is 9.95. The van der Waals surface area contributed by atoms with Crippen LogP contribution in [0.1, 0.15) is 19.3 Å². The van der Waals surface area contributed by atoms with Crippen molar-refractivity contribution in [1.29, 1.82) is 0 Å². The number of hydrogen-bond acceptors (Lipinski definition) is 4. The molecule has 0 unspecified atom stereocenters. The molecule has 1 fully saturated rings. The fourth-order valence-corrected chi connectivity index (χ4v) is 3.06. The second kappa shape index (κ2) is 9.98. The van der Waals surface area contributed by atoms with Crippen LogP contribution in [0.25, 0.3) is 0 Å². The van der Waals surface area contributed by atoms with Crippen molar-refractivity contribution in [3.8, 4) is 5.75 Å². The van der Waals surface area contributed by atoms with Crippen LogP contribution in [0.5, 0.6) is 5.75 Å². The van der Waals surface area contributed by atoms with Gasteiger partial charge in [-0.15, -0.1) is 12.4 Å². The third-order valence-corrected chi connectivity index (χ3v) is 4.34. The maximum absolute atomic E-state index is 12.3. The van der Waals surface area contributed by atoms with E-state index in [1.807, 2.05) is 0 Å². The number of amides is 1. The van der Waals surface area contributed by atoms with Gasteiger partial charge in [0, 0.05) is 18.7 Å². The maximum Gasteiger partial charge on any atom is 0.227 e. The Hall–Kier alpha value is -1.01. The standard InChI is InChI=1S/C16H23ClN2O3.ClH/c1-21-7-8-22-15-6-5-12(9-14(15)17)19-16(20)13-4-2-3-11(13)10-18;/h5-6,9,11,13H,2-4,7-8,10,18H2,1H3,(H,19,20);1H/t11-,13-;/m1./s1. The summed E-state index contributed by atoms with van der Waals surface area (Å²) in [5.74, 6) is 0.892. The first-order chi connectivity index (χ1) is 10.7. The summed E-state index contributed by atoms with van der Waals surface area (Å²) in [6.45, 7) is 1.49. The summed E-state index contributed by atoms with van der Waals surface area (Å²) in [5.41, 5.74) is 6.41. The molecule has 0 radical (unpaired) electrons. The van der Waals surface area contributed by atoms with Crippen LogP contribution in [0, 0.1) is 11.8 Å². The van der Waals surface area contributed by atoms with Crippen LogP contribution in [0.2, 0.25) is 5.02 Å². The van der Waals surface area contributed by atoms with Crippen molar-refractivity contribution in [3.63, 3.8) is 0 Å². The van der Waals surface area contributed by atoms with Gasteiger partial charge in [0.05, 0.1) is 11.6 Å². The molecule has 1 aromatic rings. The van der Waals surface area contributed by atoms with Gasteiger partial charge >= 0.3 is 0 Å². The zero-order valence-corrected chi connectivity index (χ0v) is 14.8. The molecule has 0 saturated heterocycles. The number of anilines is 1. The number of ether oxygens (including phenoxy) is 2. The first-order valence-corrected chi connectivity index (χ1v) is 7.95. The van der Waals surface area contributed by atoms with Crippen LogP contribution < -0.4 is 15.8 Å². The largest absolute Gasteiger partial charge is 0.490 e. The molecule has 1 saturated carbocycles. The SMILES string of the molecule is COCCOc1ccc(NC(=O)[C@@H]2CCC[C@@H]2CN)cc1Cl.Cl. The lowest BCUT2D eigenvalue weighted by Gasteiger charge is -2.17. The smallest absolute Gasteiger partial charge is 0.227 e. The molecule has 2 rings (SSSR count). The van der Waals surface area contributed by atoms with Crippen molar-refractivity contribution in [3.05, 3.63) is 23.2 Å². The first kappa shape index (κ1) is 20.0. The van der Waals surface area contributed by atoms with E-state index in [0.29, 0.717) is 36.2 Å². The number of methoxy groups -OCH3 is 1. The molecule has 0 aromatic heterocycles. The van der Waals surface area contributed by atoms with E-state index in [-0.39, 0.29) is 30.2 Å². The van der Waals surface area contributed by atoms with Gasteiger partial charge in [-0.3, -0.25) is 4.79 Å². The van der Waals surface area contributed by atoms with Crippen LogP contribution in [-0.4, -0.2) is 32.8 Å². The Labute approximate surface area is 148 Å². The van der Waals surface area contributed by atoms with Gasteiger partial charge in [0.2, 0.25) is 5.91 Å². The normalized spacial score (nSPS) is 20.0. The highest BCUT2D eigenvalue weighted by Gasteiger charge is 2.31. The molecule has 23 heavy (non-hydrogen) atoms. The molecule has 1 aliphatic rings.